The summed E-state index contributed by atoms with van der Waals surface area (Å²) in [6.45, 7) is 0. The molecule has 1 aliphatic carbocycles. The van der Waals surface area contributed by atoms with Gasteiger partial charge in [-0.1, -0.05) is 43.2 Å². The van der Waals surface area contributed by atoms with E-state index in [1.54, 1.807) is 11.3 Å². The van der Waals surface area contributed by atoms with Crippen LogP contribution in [0.25, 0.3) is 11.3 Å². The third-order valence-corrected chi connectivity index (χ3v) is 5.03. The molecule has 1 saturated carbocycles. The van der Waals surface area contributed by atoms with Gasteiger partial charge in [0.15, 0.2) is 0 Å². The molecule has 21 heavy (non-hydrogen) atoms. The number of nitrogens with two attached hydrogens (primary N) is 1. The number of rotatable bonds is 4. The van der Waals surface area contributed by atoms with E-state index in [0.29, 0.717) is 6.42 Å². The average Bonchev–Trinajstić information content (AvgIpc) is 2.97. The fourth-order valence-corrected chi connectivity index (χ4v) is 3.79. The maximum absolute atomic E-state index is 12.4. The highest BCUT2D eigenvalue weighted by Gasteiger charge is 2.28. The molecule has 1 aromatic carbocycles. The second kappa shape index (κ2) is 6.50. The minimum absolute atomic E-state index is 0.0304. The maximum Gasteiger partial charge on any atom is 0.144 e. The molecule has 0 spiro atoms. The van der Waals surface area contributed by atoms with Gasteiger partial charge in [-0.05, 0) is 12.8 Å². The van der Waals surface area contributed by atoms with Crippen molar-refractivity contribution in [3.8, 4) is 11.3 Å². The van der Waals surface area contributed by atoms with Gasteiger partial charge in [0.25, 0.3) is 0 Å². The van der Waals surface area contributed by atoms with E-state index in [1.165, 1.54) is 0 Å². The second-order valence-corrected chi connectivity index (χ2v) is 6.63. The predicted molar refractivity (Wildman–Crippen MR) is 86.2 cm³/mol. The molecule has 3 nitrogen and oxygen atoms in total. The smallest absolute Gasteiger partial charge is 0.144 e. The number of hydrogen-bond acceptors (Lipinski definition) is 4. The maximum atomic E-state index is 12.4. The van der Waals surface area contributed by atoms with Crippen LogP contribution in [-0.4, -0.2) is 16.8 Å². The first kappa shape index (κ1) is 14.4. The highest BCUT2D eigenvalue weighted by molar-refractivity contribution is 7.10. The molecule has 2 N–H and O–H groups in total. The van der Waals surface area contributed by atoms with Crippen LogP contribution in [0.1, 0.15) is 30.7 Å². The number of thiazole rings is 1. The zero-order chi connectivity index (χ0) is 14.7. The van der Waals surface area contributed by atoms with Gasteiger partial charge in [-0.15, -0.1) is 11.3 Å². The second-order valence-electron chi connectivity index (χ2n) is 5.69. The molecule has 0 aliphatic heterocycles. The summed E-state index contributed by atoms with van der Waals surface area (Å²) in [5.74, 6) is 0.291. The summed E-state index contributed by atoms with van der Waals surface area (Å²) in [4.78, 5) is 17.0. The lowest BCUT2D eigenvalue weighted by molar-refractivity contribution is -0.123. The first-order valence-electron chi connectivity index (χ1n) is 7.52. The van der Waals surface area contributed by atoms with Crippen LogP contribution in [0.3, 0.4) is 0 Å². The Morgan fingerprint density at radius 1 is 1.24 bits per heavy atom. The molecule has 2 unspecified atom stereocenters. The van der Waals surface area contributed by atoms with Crippen LogP contribution >= 0.6 is 11.3 Å². The largest absolute Gasteiger partial charge is 0.327 e. The Morgan fingerprint density at radius 3 is 2.76 bits per heavy atom. The number of ketones is 1. The lowest BCUT2D eigenvalue weighted by atomic mass is 9.81. The first-order chi connectivity index (χ1) is 10.2. The first-order valence-corrected chi connectivity index (χ1v) is 8.40. The summed E-state index contributed by atoms with van der Waals surface area (Å²) < 4.78 is 0. The van der Waals surface area contributed by atoms with Gasteiger partial charge in [0, 0.05) is 22.9 Å². The molecule has 0 bridgehead atoms. The number of aromatic nitrogens is 1. The van der Waals surface area contributed by atoms with E-state index < -0.39 is 0 Å². The third-order valence-electron chi connectivity index (χ3n) is 4.18. The zero-order valence-corrected chi connectivity index (χ0v) is 12.8. The molecule has 0 saturated heterocycles. The van der Waals surface area contributed by atoms with Crippen LogP contribution in [0, 0.1) is 5.92 Å². The summed E-state index contributed by atoms with van der Waals surface area (Å²) in [7, 11) is 0. The van der Waals surface area contributed by atoms with E-state index in [-0.39, 0.29) is 17.7 Å². The molecule has 3 rings (SSSR count). The monoisotopic (exact) mass is 300 g/mol. The number of hydrogen-bond donors (Lipinski definition) is 1. The molecule has 110 valence electrons. The fourth-order valence-electron chi connectivity index (χ4n) is 2.97. The number of nitrogens with zero attached hydrogens (tertiary/aromatic N) is 1. The van der Waals surface area contributed by atoms with Crippen molar-refractivity contribution >= 4 is 17.1 Å². The van der Waals surface area contributed by atoms with Crippen LogP contribution in [0.15, 0.2) is 35.7 Å². The minimum atomic E-state index is 0.0304. The fraction of sp³-hybridized carbons (Fsp3) is 0.412. The van der Waals surface area contributed by atoms with Gasteiger partial charge in [-0.3, -0.25) is 4.79 Å². The molecule has 2 atom stereocenters. The SMILES string of the molecule is NC1CCCCC1C(=O)Cc1nc(-c2ccccc2)cs1. The van der Waals surface area contributed by atoms with Crippen molar-refractivity contribution in [2.75, 3.05) is 0 Å². The van der Waals surface area contributed by atoms with E-state index in [1.807, 2.05) is 35.7 Å². The summed E-state index contributed by atoms with van der Waals surface area (Å²) >= 11 is 1.57. The lowest BCUT2D eigenvalue weighted by Gasteiger charge is -2.26. The molecule has 1 heterocycles. The Hall–Kier alpha value is -1.52. The van der Waals surface area contributed by atoms with E-state index in [9.17, 15) is 4.79 Å². The number of carbonyl (C=O) groups is 1. The number of benzene rings is 1. The van der Waals surface area contributed by atoms with Crippen molar-refractivity contribution in [2.45, 2.75) is 38.1 Å². The number of carbonyl (C=O) groups excluding carboxylic acids is 1. The Kier molecular flexibility index (Phi) is 4.46. The molecule has 2 aromatic rings. The van der Waals surface area contributed by atoms with Gasteiger partial charge in [-0.2, -0.15) is 0 Å². The molecular formula is C17H20N2OS. The molecule has 4 heteroatoms. The molecule has 1 fully saturated rings. The molecule has 0 radical (unpaired) electrons. The minimum Gasteiger partial charge on any atom is -0.327 e. The zero-order valence-electron chi connectivity index (χ0n) is 12.0. The lowest BCUT2D eigenvalue weighted by Crippen LogP contribution is -2.38. The normalized spacial score (nSPS) is 22.1. The average molecular weight is 300 g/mol. The van der Waals surface area contributed by atoms with Gasteiger partial charge in [0.1, 0.15) is 10.8 Å². The van der Waals surface area contributed by atoms with E-state index in [4.69, 9.17) is 5.73 Å². The quantitative estimate of drug-likeness (QED) is 0.941. The predicted octanol–water partition coefficient (Wildman–Crippen LogP) is 3.44. The van der Waals surface area contributed by atoms with Gasteiger partial charge in [0.05, 0.1) is 12.1 Å². The third kappa shape index (κ3) is 3.39. The molecule has 1 aromatic heterocycles. The van der Waals surface area contributed by atoms with Crippen molar-refractivity contribution in [1.82, 2.24) is 4.98 Å². The Bertz CT molecular complexity index is 608. The number of Topliss-reactive ketones (excluding diaryl/α,β-unsaturated/α-hetero) is 1. The highest BCUT2D eigenvalue weighted by atomic mass is 32.1. The van der Waals surface area contributed by atoms with Gasteiger partial charge in [0.2, 0.25) is 0 Å². The van der Waals surface area contributed by atoms with Gasteiger partial charge in [-0.25, -0.2) is 4.98 Å². The van der Waals surface area contributed by atoms with Gasteiger partial charge >= 0.3 is 0 Å². The summed E-state index contributed by atoms with van der Waals surface area (Å²) in [6, 6.07) is 10.1. The standard InChI is InChI=1S/C17H20N2OS/c18-14-9-5-4-8-13(14)16(20)10-17-19-15(11-21-17)12-6-2-1-3-7-12/h1-3,6-7,11,13-14H,4-5,8-10,18H2. The van der Waals surface area contributed by atoms with Crippen molar-refractivity contribution in [2.24, 2.45) is 11.7 Å². The van der Waals surface area contributed by atoms with E-state index in [0.717, 1.165) is 41.9 Å². The topological polar surface area (TPSA) is 56.0 Å². The Labute approximate surface area is 129 Å². The Balaban J connectivity index is 1.68. The van der Waals surface area contributed by atoms with Crippen molar-refractivity contribution in [3.05, 3.63) is 40.7 Å². The highest BCUT2D eigenvalue weighted by Crippen LogP contribution is 2.27. The molecule has 0 amide bonds. The van der Waals surface area contributed by atoms with Crippen LogP contribution in [0.2, 0.25) is 0 Å². The van der Waals surface area contributed by atoms with Crippen LogP contribution in [-0.2, 0) is 11.2 Å². The van der Waals surface area contributed by atoms with E-state index >= 15 is 0 Å². The summed E-state index contributed by atoms with van der Waals surface area (Å²) in [5.41, 5.74) is 8.15. The summed E-state index contributed by atoms with van der Waals surface area (Å²) in [5, 5.41) is 2.93. The van der Waals surface area contributed by atoms with Crippen LogP contribution < -0.4 is 5.73 Å². The van der Waals surface area contributed by atoms with Crippen LogP contribution in [0.4, 0.5) is 0 Å². The van der Waals surface area contributed by atoms with Gasteiger partial charge < -0.3 is 5.73 Å². The van der Waals surface area contributed by atoms with Crippen LogP contribution in [0.5, 0.6) is 0 Å². The van der Waals surface area contributed by atoms with E-state index in [2.05, 4.69) is 4.98 Å². The van der Waals surface area contributed by atoms with Crippen molar-refractivity contribution < 1.29 is 4.79 Å². The van der Waals surface area contributed by atoms with Crippen molar-refractivity contribution in [3.63, 3.8) is 0 Å². The molecular weight excluding hydrogens is 280 g/mol. The molecule has 1 aliphatic rings. The summed E-state index contributed by atoms with van der Waals surface area (Å²) in [6.07, 6.45) is 4.62. The Morgan fingerprint density at radius 2 is 2.00 bits per heavy atom. The van der Waals surface area contributed by atoms with Crippen molar-refractivity contribution in [1.29, 1.82) is 0 Å².